The average Bonchev–Trinajstić information content (AvgIpc) is 3.18. The number of carbonyl (C=O) groups excluding carboxylic acids is 2. The van der Waals surface area contributed by atoms with E-state index in [1.165, 1.54) is 0 Å². The molecule has 6 nitrogen and oxygen atoms in total. The summed E-state index contributed by atoms with van der Waals surface area (Å²) in [6, 6.07) is 15.1. The lowest BCUT2D eigenvalue weighted by Crippen LogP contribution is -2.45. The van der Waals surface area contributed by atoms with Crippen LogP contribution in [-0.2, 0) is 4.79 Å². The van der Waals surface area contributed by atoms with Gasteiger partial charge in [-0.1, -0.05) is 48.9 Å². The second-order valence-corrected chi connectivity index (χ2v) is 7.48. The zero-order chi connectivity index (χ0) is 21.7. The van der Waals surface area contributed by atoms with Gasteiger partial charge >= 0.3 is 0 Å². The number of amides is 2. The molecule has 30 heavy (non-hydrogen) atoms. The standard InChI is InChI=1S/C24H28N4O2/c1-5-13-25-23(29)18(4)26-24(30)21-15-28(19-9-7-6-8-10-19)27-22(21)20-12-11-16(2)14-17(20)3/h6-12,14-15,18H,5,13H2,1-4H3,(H,25,29)(H,26,30)/t18-/m0/s1. The molecule has 0 saturated heterocycles. The van der Waals surface area contributed by atoms with Gasteiger partial charge in [-0.15, -0.1) is 0 Å². The molecular weight excluding hydrogens is 376 g/mol. The minimum absolute atomic E-state index is 0.200. The minimum Gasteiger partial charge on any atom is -0.354 e. The first-order valence-corrected chi connectivity index (χ1v) is 10.2. The Hall–Kier alpha value is -3.41. The number of hydrogen-bond donors (Lipinski definition) is 2. The van der Waals surface area contributed by atoms with Crippen molar-refractivity contribution in [1.29, 1.82) is 0 Å². The fourth-order valence-corrected chi connectivity index (χ4v) is 3.27. The fraction of sp³-hybridized carbons (Fsp3) is 0.292. The summed E-state index contributed by atoms with van der Waals surface area (Å²) in [5.41, 5.74) is 4.96. The molecule has 0 fully saturated rings. The van der Waals surface area contributed by atoms with Gasteiger partial charge in [0.15, 0.2) is 0 Å². The lowest BCUT2D eigenvalue weighted by Gasteiger charge is -2.14. The van der Waals surface area contributed by atoms with Crippen molar-refractivity contribution in [3.63, 3.8) is 0 Å². The van der Waals surface area contributed by atoms with Crippen LogP contribution in [0, 0.1) is 13.8 Å². The van der Waals surface area contributed by atoms with Crippen LogP contribution in [0.1, 0.15) is 41.8 Å². The number of nitrogens with zero attached hydrogens (tertiary/aromatic N) is 2. The molecule has 2 aromatic carbocycles. The van der Waals surface area contributed by atoms with Gasteiger partial charge in [0.05, 0.1) is 11.3 Å². The number of aryl methyl sites for hydroxylation is 2. The fourth-order valence-electron chi connectivity index (χ4n) is 3.27. The number of para-hydroxylation sites is 1. The topological polar surface area (TPSA) is 76.0 Å². The van der Waals surface area contributed by atoms with Crippen LogP contribution in [0.25, 0.3) is 16.9 Å². The van der Waals surface area contributed by atoms with Gasteiger partial charge in [0.25, 0.3) is 5.91 Å². The van der Waals surface area contributed by atoms with Crippen molar-refractivity contribution in [2.24, 2.45) is 0 Å². The first-order valence-electron chi connectivity index (χ1n) is 10.2. The van der Waals surface area contributed by atoms with Crippen molar-refractivity contribution in [2.45, 2.75) is 40.2 Å². The molecule has 3 rings (SSSR count). The van der Waals surface area contributed by atoms with E-state index < -0.39 is 6.04 Å². The Kier molecular flexibility index (Phi) is 6.67. The highest BCUT2D eigenvalue weighted by Gasteiger charge is 2.23. The van der Waals surface area contributed by atoms with Crippen LogP contribution < -0.4 is 10.6 Å². The second kappa shape index (κ2) is 9.39. The van der Waals surface area contributed by atoms with Gasteiger partial charge in [0, 0.05) is 18.3 Å². The third-order valence-corrected chi connectivity index (χ3v) is 4.91. The predicted molar refractivity (Wildman–Crippen MR) is 119 cm³/mol. The highest BCUT2D eigenvalue weighted by Crippen LogP contribution is 2.27. The summed E-state index contributed by atoms with van der Waals surface area (Å²) in [5.74, 6) is -0.528. The van der Waals surface area contributed by atoms with Crippen LogP contribution >= 0.6 is 0 Å². The Morgan fingerprint density at radius 3 is 2.50 bits per heavy atom. The monoisotopic (exact) mass is 404 g/mol. The molecule has 2 N–H and O–H groups in total. The smallest absolute Gasteiger partial charge is 0.255 e. The molecule has 0 spiro atoms. The molecule has 0 aliphatic rings. The second-order valence-electron chi connectivity index (χ2n) is 7.48. The molecular formula is C24H28N4O2. The zero-order valence-electron chi connectivity index (χ0n) is 17.9. The van der Waals surface area contributed by atoms with Crippen LogP contribution in [0.5, 0.6) is 0 Å². The van der Waals surface area contributed by atoms with Crippen molar-refractivity contribution in [3.05, 3.63) is 71.4 Å². The third-order valence-electron chi connectivity index (χ3n) is 4.91. The largest absolute Gasteiger partial charge is 0.354 e. The highest BCUT2D eigenvalue weighted by molar-refractivity contribution is 6.02. The SMILES string of the molecule is CCCNC(=O)[C@H](C)NC(=O)c1cn(-c2ccccc2)nc1-c1ccc(C)cc1C. The van der Waals surface area contributed by atoms with Crippen molar-refractivity contribution < 1.29 is 9.59 Å². The molecule has 6 heteroatoms. The van der Waals surface area contributed by atoms with E-state index in [4.69, 9.17) is 5.10 Å². The van der Waals surface area contributed by atoms with E-state index in [0.717, 1.165) is 28.8 Å². The number of carbonyl (C=O) groups is 2. The maximum Gasteiger partial charge on any atom is 0.255 e. The molecule has 3 aromatic rings. The van der Waals surface area contributed by atoms with Crippen LogP contribution in [0.4, 0.5) is 0 Å². The summed E-state index contributed by atoms with van der Waals surface area (Å²) in [5, 5.41) is 10.3. The number of nitrogens with one attached hydrogen (secondary N) is 2. The molecule has 1 atom stereocenters. The molecule has 0 aliphatic carbocycles. The summed E-state index contributed by atoms with van der Waals surface area (Å²) in [4.78, 5) is 25.3. The van der Waals surface area contributed by atoms with E-state index in [1.54, 1.807) is 17.8 Å². The average molecular weight is 405 g/mol. The number of rotatable bonds is 7. The maximum absolute atomic E-state index is 13.1. The van der Waals surface area contributed by atoms with E-state index in [9.17, 15) is 9.59 Å². The highest BCUT2D eigenvalue weighted by atomic mass is 16.2. The Labute approximate surface area is 177 Å². The Balaban J connectivity index is 1.98. The molecule has 0 radical (unpaired) electrons. The normalized spacial score (nSPS) is 11.7. The summed E-state index contributed by atoms with van der Waals surface area (Å²) >= 11 is 0. The Morgan fingerprint density at radius 2 is 1.83 bits per heavy atom. The molecule has 1 aromatic heterocycles. The van der Waals surface area contributed by atoms with Crippen molar-refractivity contribution >= 4 is 11.8 Å². The molecule has 0 bridgehead atoms. The molecule has 1 heterocycles. The lowest BCUT2D eigenvalue weighted by molar-refractivity contribution is -0.122. The van der Waals surface area contributed by atoms with Gasteiger partial charge in [0.1, 0.15) is 11.7 Å². The van der Waals surface area contributed by atoms with Gasteiger partial charge in [-0.05, 0) is 44.9 Å². The molecule has 0 aliphatic heterocycles. The van der Waals surface area contributed by atoms with Crippen LogP contribution in [0.2, 0.25) is 0 Å². The van der Waals surface area contributed by atoms with Gasteiger partial charge < -0.3 is 10.6 Å². The van der Waals surface area contributed by atoms with Crippen LogP contribution in [-0.4, -0.2) is 34.2 Å². The minimum atomic E-state index is -0.643. The number of hydrogen-bond acceptors (Lipinski definition) is 3. The van der Waals surface area contributed by atoms with E-state index in [1.807, 2.05) is 63.2 Å². The van der Waals surface area contributed by atoms with Crippen molar-refractivity contribution in [1.82, 2.24) is 20.4 Å². The number of aromatic nitrogens is 2. The van der Waals surface area contributed by atoms with Crippen LogP contribution in [0.3, 0.4) is 0 Å². The molecule has 0 unspecified atom stereocenters. The zero-order valence-corrected chi connectivity index (χ0v) is 17.9. The van der Waals surface area contributed by atoms with Gasteiger partial charge in [0.2, 0.25) is 5.91 Å². The summed E-state index contributed by atoms with van der Waals surface area (Å²) < 4.78 is 1.70. The molecule has 0 saturated carbocycles. The van der Waals surface area contributed by atoms with E-state index in [0.29, 0.717) is 17.8 Å². The Morgan fingerprint density at radius 1 is 1.10 bits per heavy atom. The first kappa shape index (κ1) is 21.3. The summed E-state index contributed by atoms with van der Waals surface area (Å²) in [7, 11) is 0. The summed E-state index contributed by atoms with van der Waals surface area (Å²) in [6.07, 6.45) is 2.56. The quantitative estimate of drug-likeness (QED) is 0.629. The third kappa shape index (κ3) is 4.76. The molecule has 156 valence electrons. The number of benzene rings is 2. The van der Waals surface area contributed by atoms with Crippen molar-refractivity contribution in [2.75, 3.05) is 6.54 Å². The maximum atomic E-state index is 13.1. The lowest BCUT2D eigenvalue weighted by atomic mass is 10.0. The van der Waals surface area contributed by atoms with Crippen molar-refractivity contribution in [3.8, 4) is 16.9 Å². The first-order chi connectivity index (χ1) is 14.4. The predicted octanol–water partition coefficient (Wildman–Crippen LogP) is 3.80. The van der Waals surface area contributed by atoms with Gasteiger partial charge in [-0.3, -0.25) is 9.59 Å². The van der Waals surface area contributed by atoms with E-state index in [-0.39, 0.29) is 11.8 Å². The summed E-state index contributed by atoms with van der Waals surface area (Å²) in [6.45, 7) is 8.29. The van der Waals surface area contributed by atoms with Gasteiger partial charge in [-0.25, -0.2) is 4.68 Å². The Bertz CT molecular complexity index is 1040. The van der Waals surface area contributed by atoms with Crippen LogP contribution in [0.15, 0.2) is 54.7 Å². The van der Waals surface area contributed by atoms with E-state index in [2.05, 4.69) is 16.7 Å². The molecule has 2 amide bonds. The van der Waals surface area contributed by atoms with Gasteiger partial charge in [-0.2, -0.15) is 5.10 Å². The van der Waals surface area contributed by atoms with E-state index >= 15 is 0 Å².